The van der Waals surface area contributed by atoms with Crippen LogP contribution in [0.15, 0.2) is 10.9 Å². The number of carbonyl (C=O) groups excluding carboxylic acids is 3. The average Bonchev–Trinajstić information content (AvgIpc) is 2.72. The minimum Gasteiger partial charge on any atom is -0.469 e. The van der Waals surface area contributed by atoms with E-state index in [0.29, 0.717) is 6.54 Å². The molecule has 0 radical (unpaired) electrons. The number of methoxy groups -OCH3 is 2. The molecule has 30 heavy (non-hydrogen) atoms. The van der Waals surface area contributed by atoms with Crippen LogP contribution >= 0.6 is 0 Å². The molecule has 1 aromatic heterocycles. The first-order valence-corrected chi connectivity index (χ1v) is 10.6. The summed E-state index contributed by atoms with van der Waals surface area (Å²) in [6, 6.07) is 0.438. The highest BCUT2D eigenvalue weighted by Crippen LogP contribution is 2.21. The van der Waals surface area contributed by atoms with Gasteiger partial charge < -0.3 is 19.4 Å². The SMILES string of the molecule is CCCCn1c2c(cc(C(=O)NC(CC(=O)OC)C(=O)OC)c1=O)CCCCCC2. The second-order valence-corrected chi connectivity index (χ2v) is 7.58. The number of aryl methyl sites for hydroxylation is 1. The molecule has 0 saturated carbocycles. The molecule has 1 aromatic rings. The second kappa shape index (κ2) is 11.5. The number of hydrogen-bond donors (Lipinski definition) is 1. The van der Waals surface area contributed by atoms with Gasteiger partial charge in [0.2, 0.25) is 0 Å². The molecule has 1 aliphatic carbocycles. The lowest BCUT2D eigenvalue weighted by Crippen LogP contribution is -2.45. The maximum Gasteiger partial charge on any atom is 0.328 e. The Morgan fingerprint density at radius 2 is 1.80 bits per heavy atom. The number of amides is 1. The Morgan fingerprint density at radius 1 is 1.10 bits per heavy atom. The fourth-order valence-corrected chi connectivity index (χ4v) is 3.77. The summed E-state index contributed by atoms with van der Waals surface area (Å²) in [4.78, 5) is 49.8. The van der Waals surface area contributed by atoms with E-state index in [9.17, 15) is 19.2 Å². The van der Waals surface area contributed by atoms with Crippen LogP contribution in [0.1, 0.15) is 73.5 Å². The number of nitrogens with one attached hydrogen (secondary N) is 1. The number of nitrogens with zero attached hydrogens (tertiary/aromatic N) is 1. The zero-order valence-corrected chi connectivity index (χ0v) is 18.1. The van der Waals surface area contributed by atoms with Gasteiger partial charge in [-0.05, 0) is 43.7 Å². The quantitative estimate of drug-likeness (QED) is 0.646. The molecule has 0 fully saturated rings. The Morgan fingerprint density at radius 3 is 2.43 bits per heavy atom. The van der Waals surface area contributed by atoms with E-state index in [1.54, 1.807) is 10.6 Å². The first kappa shape index (κ1) is 23.6. The molecule has 0 saturated heterocycles. The van der Waals surface area contributed by atoms with Gasteiger partial charge in [-0.1, -0.05) is 26.2 Å². The summed E-state index contributed by atoms with van der Waals surface area (Å²) in [6.45, 7) is 2.61. The predicted octanol–water partition coefficient (Wildman–Crippen LogP) is 2.14. The van der Waals surface area contributed by atoms with Crippen molar-refractivity contribution in [1.29, 1.82) is 0 Å². The Balaban J connectivity index is 2.41. The molecule has 1 heterocycles. The summed E-state index contributed by atoms with van der Waals surface area (Å²) in [5.74, 6) is -2.12. The number of hydrogen-bond acceptors (Lipinski definition) is 6. The topological polar surface area (TPSA) is 104 Å². The van der Waals surface area contributed by atoms with Gasteiger partial charge in [0.05, 0.1) is 20.6 Å². The highest BCUT2D eigenvalue weighted by molar-refractivity contribution is 5.97. The summed E-state index contributed by atoms with van der Waals surface area (Å²) in [6.07, 6.45) is 7.32. The summed E-state index contributed by atoms with van der Waals surface area (Å²) < 4.78 is 11.0. The minimum absolute atomic E-state index is 0.0100. The van der Waals surface area contributed by atoms with E-state index in [1.807, 2.05) is 0 Å². The zero-order valence-electron chi connectivity index (χ0n) is 18.1. The molecule has 166 valence electrons. The van der Waals surface area contributed by atoms with E-state index in [1.165, 1.54) is 14.2 Å². The predicted molar refractivity (Wildman–Crippen MR) is 111 cm³/mol. The lowest BCUT2D eigenvalue weighted by atomic mass is 9.95. The maximum atomic E-state index is 13.2. The normalized spacial score (nSPS) is 14.6. The number of carbonyl (C=O) groups is 3. The van der Waals surface area contributed by atoms with Crippen molar-refractivity contribution in [3.05, 3.63) is 33.2 Å². The van der Waals surface area contributed by atoms with Crippen LogP contribution in [-0.4, -0.2) is 42.7 Å². The van der Waals surface area contributed by atoms with Crippen molar-refractivity contribution in [3.63, 3.8) is 0 Å². The fraction of sp³-hybridized carbons (Fsp3) is 0.636. The van der Waals surface area contributed by atoms with E-state index in [2.05, 4.69) is 21.7 Å². The van der Waals surface area contributed by atoms with Crippen LogP contribution in [0.2, 0.25) is 0 Å². The summed E-state index contributed by atoms with van der Waals surface area (Å²) in [5.41, 5.74) is 1.66. The van der Waals surface area contributed by atoms with Crippen LogP contribution in [-0.2, 0) is 38.4 Å². The average molecular weight is 421 g/mol. The van der Waals surface area contributed by atoms with Crippen molar-refractivity contribution in [1.82, 2.24) is 9.88 Å². The highest BCUT2D eigenvalue weighted by Gasteiger charge is 2.28. The number of esters is 2. The van der Waals surface area contributed by atoms with E-state index < -0.39 is 23.9 Å². The van der Waals surface area contributed by atoms with Crippen LogP contribution in [0.3, 0.4) is 0 Å². The first-order valence-electron chi connectivity index (χ1n) is 10.6. The smallest absolute Gasteiger partial charge is 0.328 e. The highest BCUT2D eigenvalue weighted by atomic mass is 16.5. The van der Waals surface area contributed by atoms with Crippen molar-refractivity contribution >= 4 is 17.8 Å². The van der Waals surface area contributed by atoms with Gasteiger partial charge in [-0.15, -0.1) is 0 Å². The standard InChI is InChI=1S/C22H32N2O6/c1-4-5-12-24-18-11-9-7-6-8-10-15(18)13-16(21(24)27)20(26)23-17(22(28)30-3)14-19(25)29-2/h13,17H,4-12,14H2,1-3H3,(H,23,26). The number of rotatable bonds is 8. The van der Waals surface area contributed by atoms with E-state index >= 15 is 0 Å². The monoisotopic (exact) mass is 420 g/mol. The number of aromatic nitrogens is 1. The molecule has 1 amide bonds. The molecule has 0 spiro atoms. The van der Waals surface area contributed by atoms with Crippen molar-refractivity contribution in [2.45, 2.75) is 77.3 Å². The molecular weight excluding hydrogens is 388 g/mol. The molecule has 1 aliphatic rings. The molecule has 8 heteroatoms. The third-order valence-electron chi connectivity index (χ3n) is 5.47. The molecule has 0 aliphatic heterocycles. The number of pyridine rings is 1. The Labute approximate surface area is 176 Å². The second-order valence-electron chi connectivity index (χ2n) is 7.58. The van der Waals surface area contributed by atoms with E-state index in [0.717, 1.165) is 62.6 Å². The van der Waals surface area contributed by atoms with Gasteiger partial charge in [0.1, 0.15) is 11.6 Å². The van der Waals surface area contributed by atoms with Crippen LogP contribution in [0.4, 0.5) is 0 Å². The molecule has 1 atom stereocenters. The van der Waals surface area contributed by atoms with Crippen LogP contribution in [0.5, 0.6) is 0 Å². The lowest BCUT2D eigenvalue weighted by Gasteiger charge is -2.21. The lowest BCUT2D eigenvalue weighted by molar-refractivity contribution is -0.149. The Hall–Kier alpha value is -2.64. The van der Waals surface area contributed by atoms with Crippen LogP contribution < -0.4 is 10.9 Å². The number of ether oxygens (including phenoxy) is 2. The van der Waals surface area contributed by atoms with Crippen molar-refractivity contribution in [2.24, 2.45) is 0 Å². The molecule has 1 unspecified atom stereocenters. The third-order valence-corrected chi connectivity index (χ3v) is 5.47. The number of unbranched alkanes of at least 4 members (excludes halogenated alkanes) is 1. The van der Waals surface area contributed by atoms with Gasteiger partial charge in [0.15, 0.2) is 0 Å². The zero-order chi connectivity index (χ0) is 22.1. The van der Waals surface area contributed by atoms with Crippen molar-refractivity contribution in [2.75, 3.05) is 14.2 Å². The Kier molecular flexibility index (Phi) is 9.08. The molecule has 8 nitrogen and oxygen atoms in total. The molecular formula is C22H32N2O6. The summed E-state index contributed by atoms with van der Waals surface area (Å²) >= 11 is 0. The van der Waals surface area contributed by atoms with Gasteiger partial charge in [0, 0.05) is 12.2 Å². The molecule has 0 aromatic carbocycles. The van der Waals surface area contributed by atoms with Gasteiger partial charge in [-0.3, -0.25) is 14.4 Å². The molecule has 1 N–H and O–H groups in total. The third kappa shape index (κ3) is 5.93. The first-order chi connectivity index (χ1) is 14.4. The van der Waals surface area contributed by atoms with Gasteiger partial charge >= 0.3 is 11.9 Å². The van der Waals surface area contributed by atoms with Crippen LogP contribution in [0.25, 0.3) is 0 Å². The fourth-order valence-electron chi connectivity index (χ4n) is 3.77. The number of fused-ring (bicyclic) bond motifs is 1. The van der Waals surface area contributed by atoms with E-state index in [-0.39, 0.29) is 17.5 Å². The summed E-state index contributed by atoms with van der Waals surface area (Å²) in [7, 11) is 2.36. The minimum atomic E-state index is -1.22. The Bertz CT molecular complexity index is 830. The van der Waals surface area contributed by atoms with Crippen molar-refractivity contribution in [3.8, 4) is 0 Å². The molecule has 2 rings (SSSR count). The summed E-state index contributed by atoms with van der Waals surface area (Å²) in [5, 5.41) is 2.48. The van der Waals surface area contributed by atoms with Crippen LogP contribution in [0, 0.1) is 0 Å². The van der Waals surface area contributed by atoms with Gasteiger partial charge in [-0.25, -0.2) is 4.79 Å². The van der Waals surface area contributed by atoms with Gasteiger partial charge in [0.25, 0.3) is 11.5 Å². The van der Waals surface area contributed by atoms with Crippen molar-refractivity contribution < 1.29 is 23.9 Å². The van der Waals surface area contributed by atoms with Gasteiger partial charge in [-0.2, -0.15) is 0 Å². The largest absolute Gasteiger partial charge is 0.469 e. The maximum absolute atomic E-state index is 13.2. The molecule has 0 bridgehead atoms. The van der Waals surface area contributed by atoms with E-state index in [4.69, 9.17) is 0 Å².